The minimum atomic E-state index is -0.707. The Bertz CT molecular complexity index is 920. The highest BCUT2D eigenvalue weighted by Gasteiger charge is 2.35. The van der Waals surface area contributed by atoms with Crippen LogP contribution in [0.15, 0.2) is 29.5 Å². The van der Waals surface area contributed by atoms with E-state index in [9.17, 15) is 14.7 Å². The first-order chi connectivity index (χ1) is 16.5. The van der Waals surface area contributed by atoms with E-state index in [2.05, 4.69) is 20.4 Å². The lowest BCUT2D eigenvalue weighted by Crippen LogP contribution is -2.51. The number of phenolic OH excluding ortho intramolecular Hbond substituents is 1. The molecule has 186 valence electrons. The van der Waals surface area contributed by atoms with Gasteiger partial charge in [0.05, 0.1) is 25.3 Å². The SMILES string of the molecule is CCOc1cc(C2NC(=O)NC(CN3CCC(N4CCCCC4)CC3)=C2C(=O)OC)ccc1O. The van der Waals surface area contributed by atoms with Crippen LogP contribution in [0.4, 0.5) is 4.79 Å². The highest BCUT2D eigenvalue weighted by atomic mass is 16.5. The van der Waals surface area contributed by atoms with Crippen LogP contribution < -0.4 is 15.4 Å². The molecule has 0 aliphatic carbocycles. The summed E-state index contributed by atoms with van der Waals surface area (Å²) in [5.41, 5.74) is 1.56. The van der Waals surface area contributed by atoms with Crippen molar-refractivity contribution in [3.63, 3.8) is 0 Å². The lowest BCUT2D eigenvalue weighted by Gasteiger charge is -2.41. The summed E-state index contributed by atoms with van der Waals surface area (Å²) >= 11 is 0. The number of piperidine rings is 2. The molecule has 2 amide bonds. The Morgan fingerprint density at radius 3 is 2.56 bits per heavy atom. The number of amides is 2. The monoisotopic (exact) mass is 472 g/mol. The van der Waals surface area contributed by atoms with E-state index in [4.69, 9.17) is 9.47 Å². The number of carbonyl (C=O) groups is 2. The normalized spacial score (nSPS) is 22.8. The molecule has 0 bridgehead atoms. The van der Waals surface area contributed by atoms with Crippen LogP contribution in [0.25, 0.3) is 0 Å². The van der Waals surface area contributed by atoms with Gasteiger partial charge in [0.1, 0.15) is 0 Å². The fourth-order valence-electron chi connectivity index (χ4n) is 5.27. The Labute approximate surface area is 201 Å². The first-order valence-electron chi connectivity index (χ1n) is 12.3. The maximum Gasteiger partial charge on any atom is 0.338 e. The van der Waals surface area contributed by atoms with Crippen molar-refractivity contribution < 1.29 is 24.2 Å². The van der Waals surface area contributed by atoms with E-state index in [0.29, 0.717) is 41.8 Å². The summed E-state index contributed by atoms with van der Waals surface area (Å²) in [6.45, 7) is 6.90. The molecule has 0 spiro atoms. The van der Waals surface area contributed by atoms with Gasteiger partial charge >= 0.3 is 12.0 Å². The summed E-state index contributed by atoms with van der Waals surface area (Å²) in [6.07, 6.45) is 6.09. The van der Waals surface area contributed by atoms with E-state index in [1.54, 1.807) is 12.1 Å². The molecular formula is C25H36N4O5. The number of phenols is 1. The molecule has 3 aliphatic rings. The Morgan fingerprint density at radius 2 is 1.88 bits per heavy atom. The molecule has 1 aromatic rings. The minimum Gasteiger partial charge on any atom is -0.504 e. The summed E-state index contributed by atoms with van der Waals surface area (Å²) in [5.74, 6) is -0.189. The number of nitrogens with one attached hydrogen (secondary N) is 2. The van der Waals surface area contributed by atoms with Crippen molar-refractivity contribution in [1.29, 1.82) is 0 Å². The molecule has 4 rings (SSSR count). The molecule has 1 aromatic carbocycles. The topological polar surface area (TPSA) is 103 Å². The van der Waals surface area contributed by atoms with Crippen molar-refractivity contribution in [1.82, 2.24) is 20.4 Å². The first-order valence-corrected chi connectivity index (χ1v) is 12.3. The van der Waals surface area contributed by atoms with Crippen LogP contribution in [-0.2, 0) is 9.53 Å². The Hall–Kier alpha value is -2.78. The smallest absolute Gasteiger partial charge is 0.338 e. The van der Waals surface area contributed by atoms with E-state index in [0.717, 1.165) is 25.9 Å². The quantitative estimate of drug-likeness (QED) is 0.524. The third-order valence-corrected chi connectivity index (χ3v) is 7.02. The number of esters is 1. The van der Waals surface area contributed by atoms with E-state index >= 15 is 0 Å². The molecule has 3 aliphatic heterocycles. The molecule has 2 fully saturated rings. The van der Waals surface area contributed by atoms with E-state index in [1.165, 1.54) is 45.5 Å². The third-order valence-electron chi connectivity index (χ3n) is 7.02. The predicted molar refractivity (Wildman–Crippen MR) is 128 cm³/mol. The molecule has 2 saturated heterocycles. The molecule has 0 saturated carbocycles. The van der Waals surface area contributed by atoms with Crippen LogP contribution in [0.3, 0.4) is 0 Å². The summed E-state index contributed by atoms with van der Waals surface area (Å²) in [4.78, 5) is 30.4. The van der Waals surface area contributed by atoms with E-state index in [-0.39, 0.29) is 11.8 Å². The average Bonchev–Trinajstić information content (AvgIpc) is 2.86. The highest BCUT2D eigenvalue weighted by Crippen LogP contribution is 2.34. The number of carbonyl (C=O) groups excluding carboxylic acids is 2. The van der Waals surface area contributed by atoms with Gasteiger partial charge in [0.2, 0.25) is 0 Å². The molecule has 9 heteroatoms. The number of hydrogen-bond donors (Lipinski definition) is 3. The number of hydrogen-bond acceptors (Lipinski definition) is 7. The molecule has 3 heterocycles. The van der Waals surface area contributed by atoms with Gasteiger partial charge in [0, 0.05) is 31.4 Å². The highest BCUT2D eigenvalue weighted by molar-refractivity contribution is 5.95. The van der Waals surface area contributed by atoms with Gasteiger partial charge in [-0.1, -0.05) is 12.5 Å². The molecular weight excluding hydrogens is 436 g/mol. The fraction of sp³-hybridized carbons (Fsp3) is 0.600. The molecule has 1 atom stereocenters. The number of nitrogens with zero attached hydrogens (tertiary/aromatic N) is 2. The average molecular weight is 473 g/mol. The summed E-state index contributed by atoms with van der Waals surface area (Å²) in [5, 5.41) is 15.8. The van der Waals surface area contributed by atoms with E-state index in [1.807, 2.05) is 6.92 Å². The number of urea groups is 1. The molecule has 0 radical (unpaired) electrons. The van der Waals surface area contributed by atoms with Crippen LogP contribution in [0.2, 0.25) is 0 Å². The van der Waals surface area contributed by atoms with Crippen LogP contribution in [0, 0.1) is 0 Å². The van der Waals surface area contributed by atoms with Crippen LogP contribution in [0.5, 0.6) is 11.5 Å². The lowest BCUT2D eigenvalue weighted by atomic mass is 9.94. The Morgan fingerprint density at radius 1 is 1.15 bits per heavy atom. The fourth-order valence-corrected chi connectivity index (χ4v) is 5.27. The van der Waals surface area contributed by atoms with Crippen molar-refractivity contribution in [3.05, 3.63) is 35.0 Å². The zero-order chi connectivity index (χ0) is 24.1. The Balaban J connectivity index is 1.54. The molecule has 3 N–H and O–H groups in total. The summed E-state index contributed by atoms with van der Waals surface area (Å²) < 4.78 is 10.6. The zero-order valence-electron chi connectivity index (χ0n) is 20.1. The van der Waals surface area contributed by atoms with Crippen LogP contribution in [0.1, 0.15) is 50.6 Å². The largest absolute Gasteiger partial charge is 0.504 e. The maximum atomic E-state index is 12.9. The second-order valence-electron chi connectivity index (χ2n) is 9.18. The number of likely N-dealkylation sites (tertiary alicyclic amines) is 2. The van der Waals surface area contributed by atoms with Gasteiger partial charge in [0.25, 0.3) is 0 Å². The number of ether oxygens (including phenoxy) is 2. The van der Waals surface area contributed by atoms with Crippen molar-refractivity contribution in [2.75, 3.05) is 46.4 Å². The maximum absolute atomic E-state index is 12.9. The Kier molecular flexibility index (Phi) is 7.95. The number of rotatable bonds is 7. The van der Waals surface area contributed by atoms with Gasteiger partial charge in [-0.25, -0.2) is 9.59 Å². The second-order valence-corrected chi connectivity index (χ2v) is 9.18. The van der Waals surface area contributed by atoms with Crippen molar-refractivity contribution >= 4 is 12.0 Å². The van der Waals surface area contributed by atoms with Gasteiger partial charge < -0.3 is 30.1 Å². The van der Waals surface area contributed by atoms with Crippen molar-refractivity contribution in [2.24, 2.45) is 0 Å². The first kappa shape index (κ1) is 24.3. The van der Waals surface area contributed by atoms with Gasteiger partial charge in [0.15, 0.2) is 11.5 Å². The molecule has 9 nitrogen and oxygen atoms in total. The van der Waals surface area contributed by atoms with E-state index < -0.39 is 12.0 Å². The van der Waals surface area contributed by atoms with Crippen LogP contribution >= 0.6 is 0 Å². The van der Waals surface area contributed by atoms with Gasteiger partial charge in [-0.3, -0.25) is 4.90 Å². The number of benzene rings is 1. The standard InChI is InChI=1S/C25H36N4O5/c1-3-34-21-15-17(7-8-20(21)30)23-22(24(31)33-2)19(26-25(32)27-23)16-28-13-9-18(10-14-28)29-11-5-4-6-12-29/h7-8,15,18,23,30H,3-6,9-14,16H2,1-2H3,(H2,26,27,32). The number of methoxy groups -OCH3 is 1. The number of aromatic hydroxyl groups is 1. The second kappa shape index (κ2) is 11.1. The zero-order valence-corrected chi connectivity index (χ0v) is 20.1. The van der Waals surface area contributed by atoms with Crippen molar-refractivity contribution in [2.45, 2.75) is 51.1 Å². The van der Waals surface area contributed by atoms with Crippen molar-refractivity contribution in [3.8, 4) is 11.5 Å². The molecule has 34 heavy (non-hydrogen) atoms. The van der Waals surface area contributed by atoms with Crippen LogP contribution in [-0.4, -0.2) is 79.4 Å². The molecule has 1 unspecified atom stereocenters. The van der Waals surface area contributed by atoms with Gasteiger partial charge in [-0.05, 0) is 63.4 Å². The minimum absolute atomic E-state index is 0.00579. The summed E-state index contributed by atoms with van der Waals surface area (Å²) in [6, 6.07) is 4.38. The van der Waals surface area contributed by atoms with Gasteiger partial charge in [-0.15, -0.1) is 0 Å². The third kappa shape index (κ3) is 5.47. The van der Waals surface area contributed by atoms with Gasteiger partial charge in [-0.2, -0.15) is 0 Å². The summed E-state index contributed by atoms with van der Waals surface area (Å²) in [7, 11) is 1.34. The lowest BCUT2D eigenvalue weighted by molar-refractivity contribution is -0.136. The predicted octanol–water partition coefficient (Wildman–Crippen LogP) is 2.52. The molecule has 0 aromatic heterocycles.